The lowest BCUT2D eigenvalue weighted by atomic mass is 9.89. The summed E-state index contributed by atoms with van der Waals surface area (Å²) in [4.78, 5) is 0. The molecule has 1 aromatic rings. The van der Waals surface area contributed by atoms with Gasteiger partial charge in [0.2, 0.25) is 0 Å². The van der Waals surface area contributed by atoms with Crippen LogP contribution in [0, 0.1) is 12.3 Å². The molecule has 0 aliphatic heterocycles. The first-order valence-corrected chi connectivity index (χ1v) is 6.26. The monoisotopic (exact) mass is 247 g/mol. The number of nitrogens with zero attached hydrogens (tertiary/aromatic N) is 1. The maximum Gasteiger partial charge on any atom is 0.0400 e. The van der Waals surface area contributed by atoms with Crippen LogP contribution in [-0.2, 0) is 6.54 Å². The van der Waals surface area contributed by atoms with E-state index in [1.54, 1.807) is 5.01 Å². The summed E-state index contributed by atoms with van der Waals surface area (Å²) in [5.74, 6) is 5.71. The second-order valence-electron chi connectivity index (χ2n) is 5.56. The van der Waals surface area contributed by atoms with Crippen LogP contribution in [0.2, 0.25) is 0 Å². The van der Waals surface area contributed by atoms with E-state index in [0.717, 1.165) is 18.8 Å². The van der Waals surface area contributed by atoms with Crippen molar-refractivity contribution < 1.29 is 0 Å². The Labute approximate surface area is 111 Å². The Morgan fingerprint density at radius 1 is 1.39 bits per heavy atom. The fourth-order valence-corrected chi connectivity index (χ4v) is 1.97. The van der Waals surface area contributed by atoms with Gasteiger partial charge < -0.3 is 5.32 Å². The topological polar surface area (TPSA) is 41.3 Å². The van der Waals surface area contributed by atoms with E-state index < -0.39 is 0 Å². The zero-order valence-corrected chi connectivity index (χ0v) is 12.0. The second kappa shape index (κ2) is 6.03. The first kappa shape index (κ1) is 14.7. The molecule has 0 saturated heterocycles. The van der Waals surface area contributed by atoms with Crippen molar-refractivity contribution >= 4 is 0 Å². The van der Waals surface area contributed by atoms with Crippen molar-refractivity contribution in [3.8, 4) is 0 Å². The molecular weight excluding hydrogens is 222 g/mol. The van der Waals surface area contributed by atoms with Crippen molar-refractivity contribution in [3.05, 3.63) is 47.7 Å². The fourth-order valence-electron chi connectivity index (χ4n) is 1.97. The van der Waals surface area contributed by atoms with Crippen molar-refractivity contribution in [1.29, 1.82) is 0 Å². The highest BCUT2D eigenvalue weighted by Crippen LogP contribution is 2.23. The lowest BCUT2D eigenvalue weighted by Crippen LogP contribution is -2.39. The van der Waals surface area contributed by atoms with Crippen LogP contribution >= 0.6 is 0 Å². The summed E-state index contributed by atoms with van der Waals surface area (Å²) in [5, 5.41) is 5.10. The molecule has 0 saturated carbocycles. The number of aryl methyl sites for hydroxylation is 1. The lowest BCUT2D eigenvalue weighted by Gasteiger charge is -2.31. The molecule has 18 heavy (non-hydrogen) atoms. The summed E-state index contributed by atoms with van der Waals surface area (Å²) in [6, 6.07) is 8.38. The van der Waals surface area contributed by atoms with E-state index >= 15 is 0 Å². The van der Waals surface area contributed by atoms with E-state index in [1.807, 2.05) is 7.05 Å². The molecule has 3 nitrogen and oxygen atoms in total. The van der Waals surface area contributed by atoms with E-state index in [4.69, 9.17) is 5.84 Å². The molecular formula is C15H25N3. The third-order valence-electron chi connectivity index (χ3n) is 3.22. The highest BCUT2D eigenvalue weighted by Gasteiger charge is 2.22. The van der Waals surface area contributed by atoms with Crippen LogP contribution in [0.15, 0.2) is 36.5 Å². The predicted octanol–water partition coefficient (Wildman–Crippen LogP) is 2.43. The molecule has 3 N–H and O–H groups in total. The minimum Gasteiger partial charge on any atom is -0.384 e. The van der Waals surface area contributed by atoms with Gasteiger partial charge in [-0.1, -0.05) is 44.7 Å². The van der Waals surface area contributed by atoms with Gasteiger partial charge >= 0.3 is 0 Å². The van der Waals surface area contributed by atoms with Gasteiger partial charge in [0, 0.05) is 31.2 Å². The summed E-state index contributed by atoms with van der Waals surface area (Å²) in [5.41, 5.74) is 3.57. The number of rotatable bonds is 6. The summed E-state index contributed by atoms with van der Waals surface area (Å²) >= 11 is 0. The van der Waals surface area contributed by atoms with Gasteiger partial charge in [-0.2, -0.15) is 0 Å². The van der Waals surface area contributed by atoms with Crippen LogP contribution in [0.25, 0.3) is 0 Å². The van der Waals surface area contributed by atoms with E-state index in [9.17, 15) is 0 Å². The van der Waals surface area contributed by atoms with Crippen LogP contribution in [0.3, 0.4) is 0 Å². The van der Waals surface area contributed by atoms with E-state index in [2.05, 4.69) is 56.9 Å². The number of nitrogens with two attached hydrogens (primary N) is 1. The fraction of sp³-hybridized carbons (Fsp3) is 0.467. The highest BCUT2D eigenvalue weighted by molar-refractivity contribution is 5.26. The maximum absolute atomic E-state index is 5.71. The first-order valence-electron chi connectivity index (χ1n) is 6.26. The summed E-state index contributed by atoms with van der Waals surface area (Å²) in [6.07, 6.45) is 0. The lowest BCUT2D eigenvalue weighted by molar-refractivity contribution is 0.238. The first-order chi connectivity index (χ1) is 8.33. The molecule has 3 heteroatoms. The van der Waals surface area contributed by atoms with Crippen molar-refractivity contribution in [2.24, 2.45) is 11.3 Å². The number of hydrazine groups is 1. The molecule has 0 aromatic heterocycles. The standard InChI is InChI=1S/C15H25N3/c1-12-8-6-7-9-14(12)10-17-13(2)15(3,4)11-18(5)16/h6-9,17H,2,10-11,16H2,1,3-5H3. The Hall–Kier alpha value is -1.32. The van der Waals surface area contributed by atoms with E-state index in [1.165, 1.54) is 11.1 Å². The number of benzene rings is 1. The van der Waals surface area contributed by atoms with Crippen LogP contribution in [0.4, 0.5) is 0 Å². The van der Waals surface area contributed by atoms with Crippen LogP contribution in [-0.4, -0.2) is 18.6 Å². The predicted molar refractivity (Wildman–Crippen MR) is 77.8 cm³/mol. The van der Waals surface area contributed by atoms with Crippen LogP contribution in [0.5, 0.6) is 0 Å². The Kier molecular flexibility index (Phi) is 4.93. The molecule has 1 rings (SSSR count). The van der Waals surface area contributed by atoms with Gasteiger partial charge in [-0.3, -0.25) is 5.84 Å². The van der Waals surface area contributed by atoms with Gasteiger partial charge in [-0.25, -0.2) is 5.01 Å². The Balaban J connectivity index is 2.59. The van der Waals surface area contributed by atoms with Gasteiger partial charge in [-0.05, 0) is 18.1 Å². The molecule has 0 aliphatic carbocycles. The van der Waals surface area contributed by atoms with Crippen LogP contribution in [0.1, 0.15) is 25.0 Å². The SMILES string of the molecule is C=C(NCc1ccccc1C)C(C)(C)CN(C)N. The molecule has 0 unspecified atom stereocenters. The van der Waals surface area contributed by atoms with Gasteiger partial charge in [0.15, 0.2) is 0 Å². The molecule has 100 valence electrons. The molecule has 0 heterocycles. The number of hydrogen-bond donors (Lipinski definition) is 2. The van der Waals surface area contributed by atoms with Crippen molar-refractivity contribution in [1.82, 2.24) is 10.3 Å². The number of nitrogens with one attached hydrogen (secondary N) is 1. The highest BCUT2D eigenvalue weighted by atomic mass is 15.4. The summed E-state index contributed by atoms with van der Waals surface area (Å²) in [6.45, 7) is 12.1. The van der Waals surface area contributed by atoms with Gasteiger partial charge in [-0.15, -0.1) is 0 Å². The molecule has 0 radical (unpaired) electrons. The van der Waals surface area contributed by atoms with Crippen molar-refractivity contribution in [2.75, 3.05) is 13.6 Å². The normalized spacial score (nSPS) is 11.7. The van der Waals surface area contributed by atoms with Gasteiger partial charge in [0.1, 0.15) is 0 Å². The quantitative estimate of drug-likeness (QED) is 0.599. The Morgan fingerprint density at radius 3 is 2.56 bits per heavy atom. The zero-order chi connectivity index (χ0) is 13.8. The minimum absolute atomic E-state index is 0.0494. The molecule has 0 bridgehead atoms. The Morgan fingerprint density at radius 2 is 2.00 bits per heavy atom. The third kappa shape index (κ3) is 4.17. The van der Waals surface area contributed by atoms with E-state index in [0.29, 0.717) is 0 Å². The van der Waals surface area contributed by atoms with Crippen molar-refractivity contribution in [3.63, 3.8) is 0 Å². The average Bonchev–Trinajstić information content (AvgIpc) is 2.25. The van der Waals surface area contributed by atoms with Crippen LogP contribution < -0.4 is 11.2 Å². The summed E-state index contributed by atoms with van der Waals surface area (Å²) in [7, 11) is 1.87. The Bertz CT molecular complexity index is 408. The van der Waals surface area contributed by atoms with Gasteiger partial charge in [0.25, 0.3) is 0 Å². The molecule has 0 spiro atoms. The third-order valence-corrected chi connectivity index (χ3v) is 3.22. The molecule has 0 atom stereocenters. The molecule has 1 aromatic carbocycles. The van der Waals surface area contributed by atoms with Crippen molar-refractivity contribution in [2.45, 2.75) is 27.3 Å². The smallest absolute Gasteiger partial charge is 0.0400 e. The average molecular weight is 247 g/mol. The zero-order valence-electron chi connectivity index (χ0n) is 12.0. The largest absolute Gasteiger partial charge is 0.384 e. The number of hydrogen-bond acceptors (Lipinski definition) is 3. The molecule has 0 aliphatic rings. The molecule has 0 fully saturated rings. The van der Waals surface area contributed by atoms with E-state index in [-0.39, 0.29) is 5.41 Å². The maximum atomic E-state index is 5.71. The van der Waals surface area contributed by atoms with Gasteiger partial charge in [0.05, 0.1) is 0 Å². The summed E-state index contributed by atoms with van der Waals surface area (Å²) < 4.78 is 0. The second-order valence-corrected chi connectivity index (χ2v) is 5.56. The molecule has 0 amide bonds. The minimum atomic E-state index is -0.0494.